The lowest BCUT2D eigenvalue weighted by atomic mass is 9.80. The molecule has 0 radical (unpaired) electrons. The average Bonchev–Trinajstić information content (AvgIpc) is 3.17. The number of hydrogen-bond donors (Lipinski definition) is 0. The fraction of sp³-hybridized carbons (Fsp3) is 0.300. The molecule has 0 bridgehead atoms. The van der Waals surface area contributed by atoms with Crippen LogP contribution in [0.4, 0.5) is 11.4 Å². The second kappa shape index (κ2) is 10.1. The average molecular weight is 513 g/mol. The second-order valence-corrected chi connectivity index (χ2v) is 11.2. The number of rotatable bonds is 5. The number of anilines is 1. The number of aliphatic imine (C=N–C) groups is 1. The summed E-state index contributed by atoms with van der Waals surface area (Å²) in [5.41, 5.74) is 5.17. The Balaban J connectivity index is 1.55. The van der Waals surface area contributed by atoms with Crippen LogP contribution in [0.5, 0.6) is 5.75 Å². The topological polar surface area (TPSA) is 58.0 Å². The number of amides is 1. The Hall–Kier alpha value is -3.58. The molecule has 1 aromatic heterocycles. The van der Waals surface area contributed by atoms with Gasteiger partial charge in [-0.3, -0.25) is 14.7 Å². The lowest BCUT2D eigenvalue weighted by Crippen LogP contribution is -2.45. The first kappa shape index (κ1) is 25.1. The Morgan fingerprint density at radius 1 is 1.19 bits per heavy atom. The zero-order chi connectivity index (χ0) is 26.2. The minimum atomic E-state index is -0.0744. The molecule has 1 unspecified atom stereocenters. The predicted octanol–water partition coefficient (Wildman–Crippen LogP) is 6.62. The lowest BCUT2D eigenvalue weighted by Gasteiger charge is -2.45. The normalized spacial score (nSPS) is 21.0. The van der Waals surface area contributed by atoms with Crippen molar-refractivity contribution in [3.8, 4) is 5.75 Å². The van der Waals surface area contributed by atoms with E-state index in [-0.39, 0.29) is 11.4 Å². The van der Waals surface area contributed by atoms with Gasteiger partial charge >= 0.3 is 0 Å². The molecule has 1 amide bonds. The fourth-order valence-electron chi connectivity index (χ4n) is 5.06. The second-order valence-electron chi connectivity index (χ2n) is 10.2. The SMILES string of the molecule is COc1cc2c(cc1/C=C1/SC(=Nc3ccccc3)N(Cc3cccnc3)C1=O)C(C)CC(C)(C)N2C. The van der Waals surface area contributed by atoms with E-state index in [9.17, 15) is 4.79 Å². The standard InChI is InChI=1S/C30H32N4O2S/c1-20-17-30(2,3)33(4)25-16-26(36-5)22(14-24(20)25)15-27-28(35)34(19-21-10-9-13-31-18-21)29(37-27)32-23-11-7-6-8-12-23/h6-16,18,20H,17,19H2,1-5H3/b27-15+,32-29?. The summed E-state index contributed by atoms with van der Waals surface area (Å²) >= 11 is 1.39. The van der Waals surface area contributed by atoms with Crippen LogP contribution in [-0.2, 0) is 11.3 Å². The Labute approximate surface area is 223 Å². The van der Waals surface area contributed by atoms with Gasteiger partial charge in [-0.25, -0.2) is 4.99 Å². The van der Waals surface area contributed by atoms with Crippen LogP contribution < -0.4 is 9.64 Å². The monoisotopic (exact) mass is 512 g/mol. The van der Waals surface area contributed by atoms with E-state index < -0.39 is 0 Å². The number of fused-ring (bicyclic) bond motifs is 1. The van der Waals surface area contributed by atoms with Gasteiger partial charge in [0.1, 0.15) is 5.75 Å². The number of amidine groups is 1. The summed E-state index contributed by atoms with van der Waals surface area (Å²) < 4.78 is 5.81. The summed E-state index contributed by atoms with van der Waals surface area (Å²) in [5, 5.41) is 0.651. The Morgan fingerprint density at radius 3 is 2.68 bits per heavy atom. The molecule has 190 valence electrons. The quantitative estimate of drug-likeness (QED) is 0.360. The minimum absolute atomic E-state index is 0.0598. The first-order valence-corrected chi connectivity index (χ1v) is 13.3. The maximum absolute atomic E-state index is 13.7. The number of benzene rings is 2. The number of ether oxygens (including phenoxy) is 1. The zero-order valence-corrected chi connectivity index (χ0v) is 22.7. The van der Waals surface area contributed by atoms with E-state index in [1.165, 1.54) is 23.0 Å². The highest BCUT2D eigenvalue weighted by Crippen LogP contribution is 2.46. The van der Waals surface area contributed by atoms with Crippen molar-refractivity contribution in [2.75, 3.05) is 19.1 Å². The van der Waals surface area contributed by atoms with Crippen LogP contribution in [0.2, 0.25) is 0 Å². The van der Waals surface area contributed by atoms with E-state index in [0.29, 0.717) is 22.5 Å². The van der Waals surface area contributed by atoms with Crippen molar-refractivity contribution < 1.29 is 9.53 Å². The number of methoxy groups -OCH3 is 1. The molecule has 1 atom stereocenters. The number of thioether (sulfide) groups is 1. The molecule has 5 rings (SSSR count). The highest BCUT2D eigenvalue weighted by Gasteiger charge is 2.36. The van der Waals surface area contributed by atoms with Gasteiger partial charge in [0.25, 0.3) is 5.91 Å². The maximum atomic E-state index is 13.7. The van der Waals surface area contributed by atoms with Crippen molar-refractivity contribution >= 4 is 40.3 Å². The first-order chi connectivity index (χ1) is 17.8. The summed E-state index contributed by atoms with van der Waals surface area (Å²) in [6.07, 6.45) is 6.52. The largest absolute Gasteiger partial charge is 0.496 e. The molecule has 1 fully saturated rings. The highest BCUT2D eigenvalue weighted by atomic mass is 32.2. The molecule has 1 saturated heterocycles. The predicted molar refractivity (Wildman–Crippen MR) is 152 cm³/mol. The summed E-state index contributed by atoms with van der Waals surface area (Å²) in [6, 6.07) is 17.9. The van der Waals surface area contributed by atoms with Crippen molar-refractivity contribution in [3.63, 3.8) is 0 Å². The summed E-state index contributed by atoms with van der Waals surface area (Å²) in [5.74, 6) is 1.08. The van der Waals surface area contributed by atoms with Gasteiger partial charge in [0, 0.05) is 42.3 Å². The van der Waals surface area contributed by atoms with Crippen molar-refractivity contribution in [2.24, 2.45) is 4.99 Å². The molecule has 37 heavy (non-hydrogen) atoms. The summed E-state index contributed by atoms with van der Waals surface area (Å²) in [6.45, 7) is 7.22. The third kappa shape index (κ3) is 5.01. The molecule has 3 heterocycles. The van der Waals surface area contributed by atoms with Gasteiger partial charge < -0.3 is 9.64 Å². The smallest absolute Gasteiger partial charge is 0.267 e. The molecule has 0 N–H and O–H groups in total. The molecule has 0 spiro atoms. The molecule has 2 aliphatic rings. The fourth-order valence-corrected chi connectivity index (χ4v) is 6.05. The number of aromatic nitrogens is 1. The highest BCUT2D eigenvalue weighted by molar-refractivity contribution is 8.18. The summed E-state index contributed by atoms with van der Waals surface area (Å²) in [4.78, 5) is 27.4. The molecule has 2 aromatic carbocycles. The number of hydrogen-bond acceptors (Lipinski definition) is 6. The molecule has 2 aliphatic heterocycles. The van der Waals surface area contributed by atoms with Gasteiger partial charge in [-0.15, -0.1) is 0 Å². The zero-order valence-electron chi connectivity index (χ0n) is 21.9. The lowest BCUT2D eigenvalue weighted by molar-refractivity contribution is -0.122. The van der Waals surface area contributed by atoms with Gasteiger partial charge in [0.05, 0.1) is 24.2 Å². The van der Waals surface area contributed by atoms with E-state index in [4.69, 9.17) is 9.73 Å². The van der Waals surface area contributed by atoms with E-state index in [1.807, 2.05) is 48.5 Å². The minimum Gasteiger partial charge on any atom is -0.496 e. The number of carbonyl (C=O) groups excluding carboxylic acids is 1. The van der Waals surface area contributed by atoms with Gasteiger partial charge in [-0.1, -0.05) is 31.2 Å². The van der Waals surface area contributed by atoms with E-state index in [1.54, 1.807) is 24.4 Å². The van der Waals surface area contributed by atoms with Crippen LogP contribution in [0.3, 0.4) is 0 Å². The maximum Gasteiger partial charge on any atom is 0.267 e. The first-order valence-electron chi connectivity index (χ1n) is 12.5. The van der Waals surface area contributed by atoms with Crippen LogP contribution in [0, 0.1) is 0 Å². The number of pyridine rings is 1. The third-order valence-corrected chi connectivity index (χ3v) is 8.21. The van der Waals surface area contributed by atoms with Crippen molar-refractivity contribution in [1.82, 2.24) is 9.88 Å². The van der Waals surface area contributed by atoms with Crippen LogP contribution >= 0.6 is 11.8 Å². The molecular formula is C30H32N4O2S. The van der Waals surface area contributed by atoms with Crippen LogP contribution in [-0.4, -0.2) is 40.7 Å². The van der Waals surface area contributed by atoms with E-state index in [0.717, 1.165) is 29.0 Å². The van der Waals surface area contributed by atoms with E-state index in [2.05, 4.69) is 49.8 Å². The molecule has 0 saturated carbocycles. The van der Waals surface area contributed by atoms with Crippen LogP contribution in [0.1, 0.15) is 49.8 Å². The Morgan fingerprint density at radius 2 is 1.97 bits per heavy atom. The number of carbonyl (C=O) groups is 1. The van der Waals surface area contributed by atoms with Crippen LogP contribution in [0.25, 0.3) is 6.08 Å². The molecule has 0 aliphatic carbocycles. The van der Waals surface area contributed by atoms with Gasteiger partial charge in [-0.05, 0) is 79.4 Å². The molecule has 6 nitrogen and oxygen atoms in total. The van der Waals surface area contributed by atoms with Crippen molar-refractivity contribution in [1.29, 1.82) is 0 Å². The molecular weight excluding hydrogens is 480 g/mol. The van der Waals surface area contributed by atoms with Gasteiger partial charge in [-0.2, -0.15) is 0 Å². The van der Waals surface area contributed by atoms with E-state index >= 15 is 0 Å². The summed E-state index contributed by atoms with van der Waals surface area (Å²) in [7, 11) is 3.82. The Bertz CT molecular complexity index is 1370. The number of nitrogens with zero attached hydrogens (tertiary/aromatic N) is 4. The Kier molecular flexibility index (Phi) is 6.82. The van der Waals surface area contributed by atoms with Crippen molar-refractivity contribution in [2.45, 2.75) is 45.2 Å². The molecule has 7 heteroatoms. The van der Waals surface area contributed by atoms with Crippen LogP contribution in [0.15, 0.2) is 76.9 Å². The number of para-hydroxylation sites is 1. The van der Waals surface area contributed by atoms with Gasteiger partial charge in [0.15, 0.2) is 5.17 Å². The van der Waals surface area contributed by atoms with Crippen molar-refractivity contribution in [3.05, 3.63) is 88.6 Å². The molecule has 3 aromatic rings. The van der Waals surface area contributed by atoms with Gasteiger partial charge in [0.2, 0.25) is 0 Å². The third-order valence-electron chi connectivity index (χ3n) is 7.20.